The molecule has 0 spiro atoms. The summed E-state index contributed by atoms with van der Waals surface area (Å²) in [5.74, 6) is 49.8. The van der Waals surface area contributed by atoms with E-state index < -0.39 is 35.5 Å². The molecule has 0 heterocycles. The second kappa shape index (κ2) is 76.4. The van der Waals surface area contributed by atoms with E-state index in [2.05, 4.69) is 153 Å². The van der Waals surface area contributed by atoms with E-state index in [1.54, 1.807) is 19.1 Å². The molecule has 2 rings (SSSR count). The first-order valence-electron chi connectivity index (χ1n) is 27.2. The van der Waals surface area contributed by atoms with E-state index in [1.807, 2.05) is 72.7 Å². The first kappa shape index (κ1) is 104. The Morgan fingerprint density at radius 1 is 0.602 bits per heavy atom. The van der Waals surface area contributed by atoms with Crippen LogP contribution in [0, 0.1) is 131 Å². The number of aromatic hydroxyl groups is 1. The van der Waals surface area contributed by atoms with Crippen LogP contribution in [-0.4, -0.2) is 161 Å². The minimum atomic E-state index is -1.13. The Balaban J connectivity index is -0.000000136. The smallest absolute Gasteiger partial charge is 0.329 e. The molecule has 93 heavy (non-hydrogen) atoms. The molecule has 2 aromatic carbocycles. The van der Waals surface area contributed by atoms with Crippen LogP contribution in [0.2, 0.25) is 0 Å². The second-order valence-electron chi connectivity index (χ2n) is 18.5. The molecule has 0 saturated heterocycles. The summed E-state index contributed by atoms with van der Waals surface area (Å²) in [7, 11) is 3.64. The molecule has 2 unspecified atom stereocenters. The van der Waals surface area contributed by atoms with Crippen LogP contribution < -0.4 is 15.8 Å². The number of nitrogens with two attached hydrogens (primary N) is 1. The highest BCUT2D eigenvalue weighted by Gasteiger charge is 2.23. The van der Waals surface area contributed by atoms with Crippen molar-refractivity contribution in [3.05, 3.63) is 59.7 Å². The lowest BCUT2D eigenvalue weighted by Gasteiger charge is -2.22. The largest absolute Gasteiger partial charge is 0.508 e. The zero-order valence-electron chi connectivity index (χ0n) is 54.9. The SMILES string of the molecule is C#CC#CC#CC#CC#CC#CC#CC#CC#CC#CC#CC.CC(C)(C)OC(=O)[C@@H](N)Cc1ccc(OC(C)(C)C)cc1.CCCP=O.CCCPO.CCCPO.COCCOCC(=O)N[C@@H](Cc1ccc(O)cc1)C(=O)O.COCCOCC(=O)O.Cl.O.O.O. The molecule has 4 atom stereocenters. The first-order valence-corrected chi connectivity index (χ1v) is 30.5. The van der Waals surface area contributed by atoms with Crippen molar-refractivity contribution >= 4 is 62.3 Å². The highest BCUT2D eigenvalue weighted by molar-refractivity contribution is 7.31. The van der Waals surface area contributed by atoms with Gasteiger partial charge in [-0.3, -0.25) is 14.2 Å². The van der Waals surface area contributed by atoms with Crippen LogP contribution >= 0.6 is 38.5 Å². The van der Waals surface area contributed by atoms with Gasteiger partial charge in [0.25, 0.3) is 0 Å². The molecule has 510 valence electrons. The number of halogens is 1. The normalized spacial score (nSPS) is 9.27. The number of rotatable bonds is 24. The predicted molar refractivity (Wildman–Crippen MR) is 373 cm³/mol. The average molecular weight is 1370 g/mol. The Hall–Kier alpha value is -8.07. The van der Waals surface area contributed by atoms with Crippen molar-refractivity contribution in [3.8, 4) is 142 Å². The summed E-state index contributed by atoms with van der Waals surface area (Å²) in [4.78, 5) is 60.6. The fraction of sp³-hybridized carbons (Fsp3) is 0.441. The number of carbonyl (C=O) groups is 4. The van der Waals surface area contributed by atoms with Crippen LogP contribution in [-0.2, 0) is 60.3 Å². The van der Waals surface area contributed by atoms with Gasteiger partial charge >= 0.3 is 17.9 Å². The van der Waals surface area contributed by atoms with E-state index in [0.717, 1.165) is 49.1 Å². The van der Waals surface area contributed by atoms with E-state index in [-0.39, 0.29) is 98.5 Å². The number of terminal acetylenes is 1. The van der Waals surface area contributed by atoms with Gasteiger partial charge in [0.15, 0.2) is 8.46 Å². The fourth-order valence-electron chi connectivity index (χ4n) is 4.62. The van der Waals surface area contributed by atoms with Crippen LogP contribution in [0.5, 0.6) is 11.5 Å². The maximum Gasteiger partial charge on any atom is 0.329 e. The van der Waals surface area contributed by atoms with Crippen LogP contribution in [0.4, 0.5) is 0 Å². The summed E-state index contributed by atoms with van der Waals surface area (Å²) in [6.07, 6.45) is 11.5. The van der Waals surface area contributed by atoms with E-state index in [0.29, 0.717) is 31.8 Å². The van der Waals surface area contributed by atoms with E-state index in [4.69, 9.17) is 51.1 Å². The summed E-state index contributed by atoms with van der Waals surface area (Å²) in [6, 6.07) is 12.1. The minimum Gasteiger partial charge on any atom is -0.508 e. The van der Waals surface area contributed by atoms with Gasteiger partial charge < -0.3 is 81.0 Å². The maximum atomic E-state index is 11.8. The van der Waals surface area contributed by atoms with Gasteiger partial charge in [-0.1, -0.05) is 63.8 Å². The Bertz CT molecular complexity index is 3040. The van der Waals surface area contributed by atoms with Gasteiger partial charge in [-0.2, -0.15) is 0 Å². The van der Waals surface area contributed by atoms with Crippen molar-refractivity contribution in [2.75, 3.05) is 72.3 Å². The molecule has 0 bridgehead atoms. The lowest BCUT2D eigenvalue weighted by molar-refractivity contribution is -0.156. The number of benzene rings is 2. The second-order valence-corrected chi connectivity index (χ2v) is 20.8. The number of nitrogens with one attached hydrogen (secondary N) is 1. The summed E-state index contributed by atoms with van der Waals surface area (Å²) in [5, 5.41) is 28.7. The highest BCUT2D eigenvalue weighted by Crippen LogP contribution is 2.19. The Morgan fingerprint density at radius 2 is 0.989 bits per heavy atom. The average Bonchev–Trinajstić information content (AvgIpc) is 3.67. The number of ether oxygens (including phenoxy) is 6. The van der Waals surface area contributed by atoms with Crippen molar-refractivity contribution in [1.82, 2.24) is 5.32 Å². The number of methoxy groups -OCH3 is 2. The number of phenolic OH excluding ortho intramolecular Hbond substituents is 1. The third kappa shape index (κ3) is 88.2. The van der Waals surface area contributed by atoms with Crippen LogP contribution in [0.3, 0.4) is 0 Å². The number of carboxylic acid groups (broad SMARTS) is 2. The van der Waals surface area contributed by atoms with Gasteiger partial charge in [-0.15, -0.1) is 18.8 Å². The molecule has 25 heteroatoms. The molecule has 1 amide bonds. The topological polar surface area (TPSA) is 374 Å². The predicted octanol–water partition coefficient (Wildman–Crippen LogP) is 5.25. The van der Waals surface area contributed by atoms with Crippen LogP contribution in [0.15, 0.2) is 48.5 Å². The summed E-state index contributed by atoms with van der Waals surface area (Å²) < 4.78 is 39.5. The molecule has 0 saturated carbocycles. The number of amides is 1. The van der Waals surface area contributed by atoms with Gasteiger partial charge in [-0.25, -0.2) is 9.59 Å². The van der Waals surface area contributed by atoms with Crippen molar-refractivity contribution in [3.63, 3.8) is 0 Å². The highest BCUT2D eigenvalue weighted by atomic mass is 35.5. The Labute approximate surface area is 563 Å². The first-order chi connectivity index (χ1) is 42.4. The van der Waals surface area contributed by atoms with Gasteiger partial charge in [0.1, 0.15) is 48.0 Å². The van der Waals surface area contributed by atoms with Crippen molar-refractivity contribution < 1.29 is 93.7 Å². The monoisotopic (exact) mass is 1370 g/mol. The third-order valence-corrected chi connectivity index (χ3v) is 10.3. The number of hydrogen-bond donors (Lipinski definition) is 7. The summed E-state index contributed by atoms with van der Waals surface area (Å²) >= 11 is 0. The summed E-state index contributed by atoms with van der Waals surface area (Å²) in [5.41, 5.74) is 6.82. The molecule has 0 aliphatic rings. The number of aliphatic carboxylic acids is 2. The number of esters is 1. The zero-order valence-corrected chi connectivity index (χ0v) is 58.6. The van der Waals surface area contributed by atoms with Gasteiger partial charge in [0.2, 0.25) is 5.91 Å². The molecule has 0 aromatic heterocycles. The molecule has 21 nitrogen and oxygen atoms in total. The van der Waals surface area contributed by atoms with Crippen LogP contribution in [0.25, 0.3) is 0 Å². The van der Waals surface area contributed by atoms with E-state index in [1.165, 1.54) is 26.4 Å². The molecule has 0 radical (unpaired) electrons. The van der Waals surface area contributed by atoms with Crippen molar-refractivity contribution in [1.29, 1.82) is 0 Å². The molecule has 0 aliphatic heterocycles. The Kier molecular flexibility index (Phi) is 85.2. The quantitative estimate of drug-likeness (QED) is 0.0305. The minimum absolute atomic E-state index is 0. The number of hydrogen-bond acceptors (Lipinski definition) is 15. The van der Waals surface area contributed by atoms with E-state index >= 15 is 0 Å². The standard InChI is InChI=1S/C23H4.C17H27NO3.C14H19NO6.C5H10O4.2C3H9OP.C3H7OP.ClH.3H2O/c1-3-5-7-9-11-13-15-17-19-21-23-22-20-18-16-14-12-10-8-6-4-2;1-16(2,3)20-13-9-7-12(8-10-13)11-14(18)15(19)21-17(4,5)6;1-20-6-7-21-9-13(17)15-12(14(18)19)8-10-2-4-11(16)5-3-10;1-8-2-3-9-4-5(6)7;3*1-2-3-5-4;;;;/h1H,2H3;7-10,14H,11,18H2,1-6H3;2-5,12,16H,6-9H2,1H3,(H,15,17)(H,18,19);2-4H2,1H3,(H,6,7);2*4-5H,2-3H2,1H3;2-3H2,1H3;1H;3*1H2/t;14-;12-;;;;;;;;/m.00......../s1. The number of carboxylic acids is 2. The third-order valence-electron chi connectivity index (χ3n) is 8.20. The summed E-state index contributed by atoms with van der Waals surface area (Å²) in [6.45, 7) is 20.2. The van der Waals surface area contributed by atoms with Crippen molar-refractivity contribution in [2.45, 2.75) is 125 Å². The van der Waals surface area contributed by atoms with Crippen molar-refractivity contribution in [2.24, 2.45) is 5.73 Å². The molecule has 0 aliphatic carbocycles. The number of phenols is 1. The Morgan fingerprint density at radius 3 is 1.29 bits per heavy atom. The van der Waals surface area contributed by atoms with Gasteiger partial charge in [0, 0.05) is 68.1 Å². The van der Waals surface area contributed by atoms with Crippen LogP contribution in [0.1, 0.15) is 99.6 Å². The fourth-order valence-corrected chi connectivity index (χ4v) is 5.25. The lowest BCUT2D eigenvalue weighted by atomic mass is 10.1. The molecular formula is C68H92ClN2O19P3. The maximum absolute atomic E-state index is 11.8. The molecule has 0 fully saturated rings. The number of carbonyl (C=O) groups excluding carboxylic acids is 2. The molecule has 14 N–H and O–H groups in total. The van der Waals surface area contributed by atoms with E-state index in [9.17, 15) is 28.8 Å². The van der Waals surface area contributed by atoms with Gasteiger partial charge in [-0.05, 0) is 204 Å². The molecular weight excluding hydrogens is 1280 g/mol. The lowest BCUT2D eigenvalue weighted by Crippen LogP contribution is -2.44. The molecule has 2 aromatic rings. The van der Waals surface area contributed by atoms with Gasteiger partial charge in [0.05, 0.1) is 26.4 Å². The zero-order chi connectivity index (χ0) is 68.3.